The first-order chi connectivity index (χ1) is 17.4. The third kappa shape index (κ3) is 7.42. The first-order valence-electron chi connectivity index (χ1n) is 11.2. The van der Waals surface area contributed by atoms with Crippen LogP contribution in [0.15, 0.2) is 71.8 Å². The van der Waals surface area contributed by atoms with Crippen LogP contribution in [-0.4, -0.2) is 37.7 Å². The molecule has 0 aliphatic rings. The summed E-state index contributed by atoms with van der Waals surface area (Å²) in [4.78, 5) is 36.2. The van der Waals surface area contributed by atoms with E-state index < -0.39 is 11.8 Å². The molecule has 9 nitrogen and oxygen atoms in total. The van der Waals surface area contributed by atoms with Gasteiger partial charge in [0.2, 0.25) is 0 Å². The topological polar surface area (TPSA) is 118 Å². The highest BCUT2D eigenvalue weighted by atomic mass is 16.5. The van der Waals surface area contributed by atoms with Crippen molar-refractivity contribution in [3.8, 4) is 11.5 Å². The molecule has 3 amide bonds. The van der Waals surface area contributed by atoms with Crippen molar-refractivity contribution < 1.29 is 23.9 Å². The number of para-hydroxylation sites is 1. The Bertz CT molecular complexity index is 1240. The van der Waals surface area contributed by atoms with Crippen LogP contribution in [0.25, 0.3) is 0 Å². The molecule has 0 aromatic heterocycles. The van der Waals surface area contributed by atoms with Gasteiger partial charge in [0.05, 0.1) is 13.3 Å². The van der Waals surface area contributed by atoms with E-state index in [1.165, 1.54) is 13.3 Å². The van der Waals surface area contributed by atoms with Gasteiger partial charge in [-0.25, -0.2) is 5.43 Å². The highest BCUT2D eigenvalue weighted by Gasteiger charge is 2.13. The summed E-state index contributed by atoms with van der Waals surface area (Å²) in [5.74, 6) is -1.23. The molecule has 0 unspecified atom stereocenters. The molecule has 3 aromatic rings. The predicted molar refractivity (Wildman–Crippen MR) is 137 cm³/mol. The second kappa shape index (κ2) is 12.7. The first-order valence-corrected chi connectivity index (χ1v) is 11.2. The lowest BCUT2D eigenvalue weighted by atomic mass is 10.1. The van der Waals surface area contributed by atoms with Gasteiger partial charge in [-0.2, -0.15) is 5.10 Å². The highest BCUT2D eigenvalue weighted by molar-refractivity contribution is 6.35. The van der Waals surface area contributed by atoms with Crippen molar-refractivity contribution in [3.05, 3.63) is 89.0 Å². The number of ether oxygens (including phenoxy) is 2. The number of hydrazone groups is 1. The zero-order chi connectivity index (χ0) is 25.9. The Morgan fingerprint density at radius 1 is 0.889 bits per heavy atom. The van der Waals surface area contributed by atoms with Gasteiger partial charge in [0, 0.05) is 12.2 Å². The molecule has 0 heterocycles. The lowest BCUT2D eigenvalue weighted by Crippen LogP contribution is -2.37. The molecular weight excluding hydrogens is 460 g/mol. The number of carbonyl (C=O) groups is 3. The molecule has 3 rings (SSSR count). The first kappa shape index (κ1) is 26.0. The molecule has 0 aliphatic carbocycles. The second-order valence-electron chi connectivity index (χ2n) is 7.88. The minimum absolute atomic E-state index is 0.203. The van der Waals surface area contributed by atoms with Crippen LogP contribution in [-0.2, 0) is 20.9 Å². The molecule has 0 spiro atoms. The third-order valence-corrected chi connectivity index (χ3v) is 5.17. The number of rotatable bonds is 9. The Hall–Kier alpha value is -4.66. The predicted octanol–water partition coefficient (Wildman–Crippen LogP) is 3.10. The van der Waals surface area contributed by atoms with E-state index in [2.05, 4.69) is 21.2 Å². The lowest BCUT2D eigenvalue weighted by molar-refractivity contribution is -0.139. The number of nitrogens with zero attached hydrogens (tertiary/aromatic N) is 1. The van der Waals surface area contributed by atoms with E-state index in [9.17, 15) is 14.4 Å². The molecule has 186 valence electrons. The fraction of sp³-hybridized carbons (Fsp3) is 0.185. The average molecular weight is 489 g/mol. The van der Waals surface area contributed by atoms with Gasteiger partial charge in [-0.05, 0) is 54.3 Å². The number of methoxy groups -OCH3 is 1. The molecule has 0 saturated carbocycles. The SMILES string of the molecule is COc1cc(/C=N\NC(=O)C(=O)NCc2ccccc2)ccc1OCC(=O)Nc1c(C)cccc1C. The number of aryl methyl sites for hydroxylation is 2. The van der Waals surface area contributed by atoms with Crippen LogP contribution in [0.5, 0.6) is 11.5 Å². The molecule has 0 bridgehead atoms. The summed E-state index contributed by atoms with van der Waals surface area (Å²) in [6, 6.07) is 19.9. The van der Waals surface area contributed by atoms with Crippen molar-refractivity contribution in [1.29, 1.82) is 0 Å². The van der Waals surface area contributed by atoms with Crippen LogP contribution in [0.3, 0.4) is 0 Å². The van der Waals surface area contributed by atoms with Gasteiger partial charge >= 0.3 is 11.8 Å². The van der Waals surface area contributed by atoms with E-state index >= 15 is 0 Å². The van der Waals surface area contributed by atoms with Gasteiger partial charge in [0.25, 0.3) is 5.91 Å². The van der Waals surface area contributed by atoms with Crippen molar-refractivity contribution >= 4 is 29.6 Å². The summed E-state index contributed by atoms with van der Waals surface area (Å²) in [5.41, 5.74) is 6.34. The van der Waals surface area contributed by atoms with Crippen molar-refractivity contribution in [3.63, 3.8) is 0 Å². The van der Waals surface area contributed by atoms with Crippen molar-refractivity contribution in [1.82, 2.24) is 10.7 Å². The van der Waals surface area contributed by atoms with Crippen LogP contribution in [0.1, 0.15) is 22.3 Å². The minimum Gasteiger partial charge on any atom is -0.493 e. The largest absolute Gasteiger partial charge is 0.493 e. The summed E-state index contributed by atoms with van der Waals surface area (Å²) in [6.07, 6.45) is 1.36. The average Bonchev–Trinajstić information content (AvgIpc) is 2.89. The van der Waals surface area contributed by atoms with Crippen molar-refractivity contribution in [2.75, 3.05) is 19.0 Å². The van der Waals surface area contributed by atoms with Gasteiger partial charge in [-0.3, -0.25) is 14.4 Å². The number of hydrogen-bond donors (Lipinski definition) is 3. The quantitative estimate of drug-likeness (QED) is 0.243. The summed E-state index contributed by atoms with van der Waals surface area (Å²) < 4.78 is 11.0. The van der Waals surface area contributed by atoms with E-state index in [-0.39, 0.29) is 19.1 Å². The maximum absolute atomic E-state index is 12.4. The molecule has 0 atom stereocenters. The summed E-state index contributed by atoms with van der Waals surface area (Å²) in [5, 5.41) is 9.20. The molecule has 0 fully saturated rings. The Kier molecular flexibility index (Phi) is 9.16. The summed E-state index contributed by atoms with van der Waals surface area (Å²) in [7, 11) is 1.47. The standard InChI is InChI=1S/C27H28N4O5/c1-18-8-7-9-19(2)25(18)30-24(32)17-36-22-13-12-21(14-23(22)35-3)16-29-31-27(34)26(33)28-15-20-10-5-4-6-11-20/h4-14,16H,15,17H2,1-3H3,(H,28,33)(H,30,32)(H,31,34)/b29-16-. The smallest absolute Gasteiger partial charge is 0.329 e. The van der Waals surface area contributed by atoms with Gasteiger partial charge in [-0.15, -0.1) is 0 Å². The van der Waals surface area contributed by atoms with E-state index in [4.69, 9.17) is 9.47 Å². The second-order valence-corrected chi connectivity index (χ2v) is 7.88. The van der Waals surface area contributed by atoms with Gasteiger partial charge < -0.3 is 20.1 Å². The Balaban J connectivity index is 1.51. The number of nitrogens with one attached hydrogen (secondary N) is 3. The molecule has 0 radical (unpaired) electrons. The summed E-state index contributed by atoms with van der Waals surface area (Å²) in [6.45, 7) is 3.88. The normalized spacial score (nSPS) is 10.5. The number of carbonyl (C=O) groups excluding carboxylic acids is 3. The minimum atomic E-state index is -0.885. The van der Waals surface area contributed by atoms with Crippen LogP contribution in [0, 0.1) is 13.8 Å². The van der Waals surface area contributed by atoms with Gasteiger partial charge in [0.1, 0.15) is 0 Å². The number of hydrogen-bond acceptors (Lipinski definition) is 6. The van der Waals surface area contributed by atoms with Crippen LogP contribution >= 0.6 is 0 Å². The van der Waals surface area contributed by atoms with Crippen LogP contribution in [0.4, 0.5) is 5.69 Å². The molecule has 0 aliphatic heterocycles. The van der Waals surface area contributed by atoms with Crippen LogP contribution < -0.4 is 25.5 Å². The van der Waals surface area contributed by atoms with Gasteiger partial charge in [0.15, 0.2) is 18.1 Å². The van der Waals surface area contributed by atoms with E-state index in [0.29, 0.717) is 17.1 Å². The molecule has 0 saturated heterocycles. The number of amides is 3. The molecule has 9 heteroatoms. The monoisotopic (exact) mass is 488 g/mol. The third-order valence-electron chi connectivity index (χ3n) is 5.17. The Morgan fingerprint density at radius 3 is 2.31 bits per heavy atom. The van der Waals surface area contributed by atoms with E-state index in [0.717, 1.165) is 22.4 Å². The van der Waals surface area contributed by atoms with E-state index in [1.54, 1.807) is 18.2 Å². The summed E-state index contributed by atoms with van der Waals surface area (Å²) >= 11 is 0. The Morgan fingerprint density at radius 2 is 1.61 bits per heavy atom. The van der Waals surface area contributed by atoms with Crippen molar-refractivity contribution in [2.45, 2.75) is 20.4 Å². The molecule has 3 aromatic carbocycles. The fourth-order valence-electron chi connectivity index (χ4n) is 3.29. The molecule has 3 N–H and O–H groups in total. The lowest BCUT2D eigenvalue weighted by Gasteiger charge is -2.13. The molecule has 36 heavy (non-hydrogen) atoms. The van der Waals surface area contributed by atoms with Crippen molar-refractivity contribution in [2.24, 2.45) is 5.10 Å². The molecular formula is C27H28N4O5. The zero-order valence-electron chi connectivity index (χ0n) is 20.3. The maximum Gasteiger partial charge on any atom is 0.329 e. The maximum atomic E-state index is 12.4. The number of anilines is 1. The Labute approximate surface area is 209 Å². The van der Waals surface area contributed by atoms with Gasteiger partial charge in [-0.1, -0.05) is 48.5 Å². The van der Waals surface area contributed by atoms with E-state index in [1.807, 2.05) is 62.4 Å². The number of benzene rings is 3. The zero-order valence-corrected chi connectivity index (χ0v) is 20.3. The highest BCUT2D eigenvalue weighted by Crippen LogP contribution is 2.27. The van der Waals surface area contributed by atoms with Crippen LogP contribution in [0.2, 0.25) is 0 Å². The fourth-order valence-corrected chi connectivity index (χ4v) is 3.29.